The van der Waals surface area contributed by atoms with Gasteiger partial charge in [0.1, 0.15) is 0 Å². The topological polar surface area (TPSA) is 21.3 Å². The molecule has 76 valence electrons. The first kappa shape index (κ1) is 9.97. The minimum Gasteiger partial charge on any atom is -0.378 e. The molecule has 1 N–H and O–H groups in total. The van der Waals surface area contributed by atoms with Crippen molar-refractivity contribution in [1.29, 1.82) is 0 Å². The van der Waals surface area contributed by atoms with Crippen LogP contribution in [0.3, 0.4) is 0 Å². The van der Waals surface area contributed by atoms with Crippen LogP contribution >= 0.6 is 11.6 Å². The monoisotopic (exact) mass is 211 g/mol. The number of hydrogen-bond acceptors (Lipinski definition) is 2. The van der Waals surface area contributed by atoms with E-state index in [0.29, 0.717) is 6.61 Å². The predicted octanol–water partition coefficient (Wildman–Crippen LogP) is 2.17. The molecular weight excluding hydrogens is 198 g/mol. The lowest BCUT2D eigenvalue weighted by Crippen LogP contribution is -2.49. The number of halogens is 1. The molecule has 0 saturated carbocycles. The van der Waals surface area contributed by atoms with Crippen LogP contribution in [0.1, 0.15) is 12.5 Å². The van der Waals surface area contributed by atoms with Crippen molar-refractivity contribution in [3.63, 3.8) is 0 Å². The van der Waals surface area contributed by atoms with E-state index in [0.717, 1.165) is 18.2 Å². The summed E-state index contributed by atoms with van der Waals surface area (Å²) in [6.07, 6.45) is 0. The molecule has 14 heavy (non-hydrogen) atoms. The zero-order chi connectivity index (χ0) is 10.0. The molecule has 0 aliphatic carbocycles. The molecule has 1 atom stereocenters. The predicted molar refractivity (Wildman–Crippen MR) is 57.6 cm³/mol. The molecule has 0 amide bonds. The summed E-state index contributed by atoms with van der Waals surface area (Å²) < 4.78 is 5.47. The maximum absolute atomic E-state index is 5.84. The molecule has 1 unspecified atom stereocenters. The summed E-state index contributed by atoms with van der Waals surface area (Å²) in [6.45, 7) is 4.56. The summed E-state index contributed by atoms with van der Waals surface area (Å²) in [5, 5.41) is 4.24. The fourth-order valence-corrected chi connectivity index (χ4v) is 1.86. The van der Waals surface area contributed by atoms with Crippen LogP contribution in [-0.2, 0) is 10.3 Å². The highest BCUT2D eigenvalue weighted by Gasteiger charge is 2.28. The Morgan fingerprint density at radius 2 is 2.07 bits per heavy atom. The zero-order valence-electron chi connectivity index (χ0n) is 8.22. The van der Waals surface area contributed by atoms with E-state index in [4.69, 9.17) is 16.3 Å². The summed E-state index contributed by atoms with van der Waals surface area (Å²) in [7, 11) is 0. The van der Waals surface area contributed by atoms with E-state index in [9.17, 15) is 0 Å². The molecule has 1 saturated heterocycles. The summed E-state index contributed by atoms with van der Waals surface area (Å²) >= 11 is 5.84. The third-order valence-electron chi connectivity index (χ3n) is 2.63. The Balaban J connectivity index is 2.23. The molecule has 1 fully saturated rings. The van der Waals surface area contributed by atoms with E-state index in [-0.39, 0.29) is 5.54 Å². The first-order valence-corrected chi connectivity index (χ1v) is 5.17. The van der Waals surface area contributed by atoms with Gasteiger partial charge in [-0.1, -0.05) is 23.7 Å². The quantitative estimate of drug-likeness (QED) is 0.769. The van der Waals surface area contributed by atoms with Gasteiger partial charge in [0.05, 0.1) is 18.8 Å². The van der Waals surface area contributed by atoms with E-state index in [1.54, 1.807) is 0 Å². The van der Waals surface area contributed by atoms with Gasteiger partial charge < -0.3 is 10.1 Å². The van der Waals surface area contributed by atoms with Crippen LogP contribution in [0.15, 0.2) is 24.3 Å². The SMILES string of the molecule is CC1(c2ccc(Cl)cc2)COCCN1. The molecule has 0 bridgehead atoms. The fourth-order valence-electron chi connectivity index (χ4n) is 1.73. The highest BCUT2D eigenvalue weighted by molar-refractivity contribution is 6.30. The zero-order valence-corrected chi connectivity index (χ0v) is 8.97. The van der Waals surface area contributed by atoms with Crippen LogP contribution in [0.4, 0.5) is 0 Å². The van der Waals surface area contributed by atoms with E-state index in [1.807, 2.05) is 24.3 Å². The fraction of sp³-hybridized carbons (Fsp3) is 0.455. The van der Waals surface area contributed by atoms with E-state index in [2.05, 4.69) is 12.2 Å². The number of ether oxygens (including phenoxy) is 1. The molecule has 1 aliphatic heterocycles. The Morgan fingerprint density at radius 3 is 2.64 bits per heavy atom. The summed E-state index contributed by atoms with van der Waals surface area (Å²) in [6, 6.07) is 7.92. The maximum atomic E-state index is 5.84. The molecule has 2 nitrogen and oxygen atoms in total. The van der Waals surface area contributed by atoms with E-state index in [1.165, 1.54) is 5.56 Å². The minimum atomic E-state index is -0.0666. The van der Waals surface area contributed by atoms with Gasteiger partial charge in [0.25, 0.3) is 0 Å². The Hall–Kier alpha value is -0.570. The molecule has 0 radical (unpaired) electrons. The van der Waals surface area contributed by atoms with Crippen LogP contribution < -0.4 is 5.32 Å². The van der Waals surface area contributed by atoms with Gasteiger partial charge in [0.15, 0.2) is 0 Å². The van der Waals surface area contributed by atoms with Crippen LogP contribution in [0.25, 0.3) is 0 Å². The van der Waals surface area contributed by atoms with E-state index >= 15 is 0 Å². The molecular formula is C11H14ClNO. The van der Waals surface area contributed by atoms with Gasteiger partial charge in [-0.25, -0.2) is 0 Å². The van der Waals surface area contributed by atoms with Crippen LogP contribution in [-0.4, -0.2) is 19.8 Å². The number of benzene rings is 1. The van der Waals surface area contributed by atoms with E-state index < -0.39 is 0 Å². The molecule has 1 aliphatic rings. The first-order chi connectivity index (χ1) is 6.71. The van der Waals surface area contributed by atoms with Gasteiger partial charge in [0.2, 0.25) is 0 Å². The largest absolute Gasteiger partial charge is 0.378 e. The summed E-state index contributed by atoms with van der Waals surface area (Å²) in [5.41, 5.74) is 1.16. The number of morpholine rings is 1. The Kier molecular flexibility index (Phi) is 2.77. The Labute approximate surface area is 89.2 Å². The van der Waals surface area contributed by atoms with Gasteiger partial charge in [-0.05, 0) is 24.6 Å². The smallest absolute Gasteiger partial charge is 0.0688 e. The summed E-state index contributed by atoms with van der Waals surface area (Å²) in [5.74, 6) is 0. The molecule has 2 rings (SSSR count). The average Bonchev–Trinajstić information content (AvgIpc) is 2.19. The second-order valence-electron chi connectivity index (χ2n) is 3.82. The van der Waals surface area contributed by atoms with Crippen molar-refractivity contribution in [3.8, 4) is 0 Å². The van der Waals surface area contributed by atoms with Crippen molar-refractivity contribution in [2.75, 3.05) is 19.8 Å². The van der Waals surface area contributed by atoms with Crippen molar-refractivity contribution in [2.45, 2.75) is 12.5 Å². The molecule has 3 heteroatoms. The lowest BCUT2D eigenvalue weighted by Gasteiger charge is -2.35. The lowest BCUT2D eigenvalue weighted by atomic mass is 9.92. The van der Waals surface area contributed by atoms with Crippen molar-refractivity contribution < 1.29 is 4.74 Å². The maximum Gasteiger partial charge on any atom is 0.0688 e. The Bertz CT molecular complexity index is 304. The molecule has 1 heterocycles. The number of nitrogens with one attached hydrogen (secondary N) is 1. The first-order valence-electron chi connectivity index (χ1n) is 4.79. The van der Waals surface area contributed by atoms with Crippen molar-refractivity contribution in [1.82, 2.24) is 5.32 Å². The van der Waals surface area contributed by atoms with Gasteiger partial charge in [-0.2, -0.15) is 0 Å². The van der Waals surface area contributed by atoms with Crippen molar-refractivity contribution in [3.05, 3.63) is 34.9 Å². The third kappa shape index (κ3) is 1.92. The van der Waals surface area contributed by atoms with Gasteiger partial charge in [-0.15, -0.1) is 0 Å². The highest BCUT2D eigenvalue weighted by Crippen LogP contribution is 2.24. The van der Waals surface area contributed by atoms with Crippen molar-refractivity contribution >= 4 is 11.6 Å². The Morgan fingerprint density at radius 1 is 1.36 bits per heavy atom. The van der Waals surface area contributed by atoms with Crippen LogP contribution in [0.2, 0.25) is 5.02 Å². The average molecular weight is 212 g/mol. The van der Waals surface area contributed by atoms with Crippen molar-refractivity contribution in [2.24, 2.45) is 0 Å². The summed E-state index contributed by atoms with van der Waals surface area (Å²) in [4.78, 5) is 0. The normalized spacial score (nSPS) is 27.6. The van der Waals surface area contributed by atoms with Gasteiger partial charge in [-0.3, -0.25) is 0 Å². The molecule has 1 aromatic carbocycles. The van der Waals surface area contributed by atoms with Gasteiger partial charge in [0, 0.05) is 11.6 Å². The molecule has 0 spiro atoms. The lowest BCUT2D eigenvalue weighted by molar-refractivity contribution is 0.0339. The molecule has 0 aromatic heterocycles. The number of hydrogen-bond donors (Lipinski definition) is 1. The number of rotatable bonds is 1. The van der Waals surface area contributed by atoms with Crippen LogP contribution in [0, 0.1) is 0 Å². The second kappa shape index (κ2) is 3.89. The highest BCUT2D eigenvalue weighted by atomic mass is 35.5. The minimum absolute atomic E-state index is 0.0666. The second-order valence-corrected chi connectivity index (χ2v) is 4.25. The third-order valence-corrected chi connectivity index (χ3v) is 2.89. The standard InChI is InChI=1S/C11H14ClNO/c1-11(8-14-7-6-13-11)9-2-4-10(12)5-3-9/h2-5,13H,6-8H2,1H3. The van der Waals surface area contributed by atoms with Crippen LogP contribution in [0.5, 0.6) is 0 Å². The molecule has 1 aromatic rings. The van der Waals surface area contributed by atoms with Gasteiger partial charge >= 0.3 is 0 Å².